The molecule has 136 valence electrons. The van der Waals surface area contributed by atoms with Gasteiger partial charge in [0.2, 0.25) is 16.9 Å². The number of nitrogens with zero attached hydrogens (tertiary/aromatic N) is 5. The predicted octanol–water partition coefficient (Wildman–Crippen LogP) is 3.96. The molecule has 0 aliphatic rings. The fourth-order valence-electron chi connectivity index (χ4n) is 2.46. The van der Waals surface area contributed by atoms with Crippen LogP contribution in [0.5, 0.6) is 0 Å². The molecule has 2 N–H and O–H groups in total. The van der Waals surface area contributed by atoms with Crippen molar-refractivity contribution in [3.05, 3.63) is 65.0 Å². The van der Waals surface area contributed by atoms with Crippen LogP contribution in [0.2, 0.25) is 5.02 Å². The molecular formula is C18H15ClN6OS. The number of nitrogens with two attached hydrogens (primary N) is 1. The van der Waals surface area contributed by atoms with Gasteiger partial charge < -0.3 is 10.4 Å². The van der Waals surface area contributed by atoms with E-state index in [-0.39, 0.29) is 0 Å². The molecule has 27 heavy (non-hydrogen) atoms. The van der Waals surface area contributed by atoms with Gasteiger partial charge in [-0.25, -0.2) is 4.68 Å². The minimum Gasteiger partial charge on any atom is -0.338 e. The quantitative estimate of drug-likeness (QED) is 0.401. The van der Waals surface area contributed by atoms with Crippen LogP contribution in [-0.2, 0) is 5.75 Å². The number of halogens is 1. The van der Waals surface area contributed by atoms with Crippen LogP contribution in [-0.4, -0.2) is 25.0 Å². The van der Waals surface area contributed by atoms with E-state index < -0.39 is 0 Å². The van der Waals surface area contributed by atoms with Gasteiger partial charge in [-0.2, -0.15) is 4.98 Å². The average Bonchev–Trinajstić information content (AvgIpc) is 3.28. The molecule has 0 spiro atoms. The highest BCUT2D eigenvalue weighted by atomic mass is 35.5. The van der Waals surface area contributed by atoms with Crippen molar-refractivity contribution in [2.45, 2.75) is 17.8 Å². The fraction of sp³-hybridized carbons (Fsp3) is 0.111. The van der Waals surface area contributed by atoms with Gasteiger partial charge in [0.1, 0.15) is 0 Å². The molecule has 0 saturated heterocycles. The Labute approximate surface area is 164 Å². The highest BCUT2D eigenvalue weighted by molar-refractivity contribution is 7.98. The van der Waals surface area contributed by atoms with Gasteiger partial charge in [0, 0.05) is 16.1 Å². The van der Waals surface area contributed by atoms with Crippen molar-refractivity contribution in [2.24, 2.45) is 0 Å². The number of hydrogen-bond donors (Lipinski definition) is 1. The number of benzene rings is 2. The van der Waals surface area contributed by atoms with Crippen LogP contribution < -0.4 is 5.84 Å². The molecule has 0 amide bonds. The van der Waals surface area contributed by atoms with Crippen molar-refractivity contribution >= 4 is 23.4 Å². The average molecular weight is 399 g/mol. The lowest BCUT2D eigenvalue weighted by Gasteiger charge is -2.03. The van der Waals surface area contributed by atoms with E-state index in [1.54, 1.807) is 12.1 Å². The highest BCUT2D eigenvalue weighted by Crippen LogP contribution is 2.25. The van der Waals surface area contributed by atoms with Crippen LogP contribution in [0.1, 0.15) is 11.5 Å². The van der Waals surface area contributed by atoms with Crippen molar-refractivity contribution in [1.29, 1.82) is 0 Å². The molecule has 2 heterocycles. The normalized spacial score (nSPS) is 11.0. The maximum absolute atomic E-state index is 6.14. The van der Waals surface area contributed by atoms with E-state index in [4.69, 9.17) is 22.0 Å². The molecule has 0 unspecified atom stereocenters. The molecule has 9 heteroatoms. The summed E-state index contributed by atoms with van der Waals surface area (Å²) in [6.07, 6.45) is 0. The summed E-state index contributed by atoms with van der Waals surface area (Å²) in [6, 6.07) is 15.2. The molecule has 0 aliphatic heterocycles. The number of aryl methyl sites for hydroxylation is 1. The Morgan fingerprint density at radius 2 is 1.93 bits per heavy atom. The molecule has 2 aromatic heterocycles. The molecule has 4 aromatic rings. The van der Waals surface area contributed by atoms with E-state index in [1.165, 1.54) is 22.0 Å². The Hall–Kier alpha value is -2.84. The van der Waals surface area contributed by atoms with Gasteiger partial charge in [0.05, 0.1) is 5.75 Å². The first kappa shape index (κ1) is 17.6. The SMILES string of the molecule is Cc1ccc(-c2nnc(SCc3nc(-c4cccc(Cl)c4)no3)n2N)cc1. The van der Waals surface area contributed by atoms with Gasteiger partial charge in [-0.3, -0.25) is 0 Å². The first-order valence-electron chi connectivity index (χ1n) is 8.09. The highest BCUT2D eigenvalue weighted by Gasteiger charge is 2.15. The van der Waals surface area contributed by atoms with Gasteiger partial charge in [-0.05, 0) is 19.1 Å². The summed E-state index contributed by atoms with van der Waals surface area (Å²) < 4.78 is 6.76. The lowest BCUT2D eigenvalue weighted by molar-refractivity contribution is 0.391. The number of rotatable bonds is 5. The molecule has 0 aliphatic carbocycles. The minimum absolute atomic E-state index is 0.427. The van der Waals surface area contributed by atoms with Gasteiger partial charge >= 0.3 is 0 Å². The van der Waals surface area contributed by atoms with Gasteiger partial charge in [0.15, 0.2) is 5.82 Å². The summed E-state index contributed by atoms with van der Waals surface area (Å²) in [5, 5.41) is 13.5. The summed E-state index contributed by atoms with van der Waals surface area (Å²) in [5.74, 6) is 8.12. The molecular weight excluding hydrogens is 384 g/mol. The first-order chi connectivity index (χ1) is 13.1. The minimum atomic E-state index is 0.427. The zero-order chi connectivity index (χ0) is 18.8. The molecule has 0 saturated carbocycles. The lowest BCUT2D eigenvalue weighted by Crippen LogP contribution is -2.11. The van der Waals surface area contributed by atoms with Crippen molar-refractivity contribution in [3.63, 3.8) is 0 Å². The molecule has 2 aromatic carbocycles. The van der Waals surface area contributed by atoms with Crippen molar-refractivity contribution in [3.8, 4) is 22.8 Å². The standard InChI is InChI=1S/C18H15ClN6OS/c1-11-5-7-12(8-6-11)17-22-23-18(25(17)20)27-10-15-21-16(24-26-15)13-3-2-4-14(19)9-13/h2-9H,10,20H2,1H3. The Balaban J connectivity index is 1.47. The smallest absolute Gasteiger partial charge is 0.237 e. The van der Waals surface area contributed by atoms with Gasteiger partial charge in [-0.15, -0.1) is 10.2 Å². The van der Waals surface area contributed by atoms with E-state index in [0.717, 1.165) is 11.1 Å². The van der Waals surface area contributed by atoms with Crippen LogP contribution >= 0.6 is 23.4 Å². The van der Waals surface area contributed by atoms with Crippen molar-refractivity contribution in [1.82, 2.24) is 25.0 Å². The Morgan fingerprint density at radius 3 is 2.70 bits per heavy atom. The van der Waals surface area contributed by atoms with Crippen molar-refractivity contribution < 1.29 is 4.52 Å². The van der Waals surface area contributed by atoms with Crippen LogP contribution in [0, 0.1) is 6.92 Å². The molecule has 0 bridgehead atoms. The third-order valence-corrected chi connectivity index (χ3v) is 5.01. The first-order valence-corrected chi connectivity index (χ1v) is 9.45. The maximum Gasteiger partial charge on any atom is 0.237 e. The third-order valence-electron chi connectivity index (χ3n) is 3.85. The second-order valence-corrected chi connectivity index (χ2v) is 7.23. The van der Waals surface area contributed by atoms with E-state index in [9.17, 15) is 0 Å². The third kappa shape index (κ3) is 3.81. The van der Waals surface area contributed by atoms with E-state index in [1.807, 2.05) is 43.3 Å². The van der Waals surface area contributed by atoms with E-state index in [2.05, 4.69) is 20.3 Å². The number of hydrogen-bond acceptors (Lipinski definition) is 7. The maximum atomic E-state index is 6.14. The van der Waals surface area contributed by atoms with Crippen LogP contribution in [0.4, 0.5) is 0 Å². The van der Waals surface area contributed by atoms with E-state index in [0.29, 0.717) is 33.5 Å². The van der Waals surface area contributed by atoms with Crippen LogP contribution in [0.3, 0.4) is 0 Å². The predicted molar refractivity (Wildman–Crippen MR) is 105 cm³/mol. The zero-order valence-corrected chi connectivity index (χ0v) is 15.9. The van der Waals surface area contributed by atoms with E-state index >= 15 is 0 Å². The second-order valence-electron chi connectivity index (χ2n) is 5.85. The Bertz CT molecular complexity index is 1080. The largest absolute Gasteiger partial charge is 0.338 e. The number of aromatic nitrogens is 5. The summed E-state index contributed by atoms with van der Waals surface area (Å²) in [7, 11) is 0. The topological polar surface area (TPSA) is 95.6 Å². The Kier molecular flexibility index (Phi) is 4.83. The van der Waals surface area contributed by atoms with Crippen molar-refractivity contribution in [2.75, 3.05) is 5.84 Å². The van der Waals surface area contributed by atoms with Crippen LogP contribution in [0.25, 0.3) is 22.8 Å². The molecule has 4 rings (SSSR count). The number of thioether (sulfide) groups is 1. The molecule has 0 radical (unpaired) electrons. The number of nitrogen functional groups attached to an aromatic ring is 1. The monoisotopic (exact) mass is 398 g/mol. The molecule has 7 nitrogen and oxygen atoms in total. The summed E-state index contributed by atoms with van der Waals surface area (Å²) in [6.45, 7) is 2.03. The second kappa shape index (κ2) is 7.42. The molecule has 0 atom stereocenters. The zero-order valence-electron chi connectivity index (χ0n) is 14.3. The summed E-state index contributed by atoms with van der Waals surface area (Å²) in [5.41, 5.74) is 2.87. The van der Waals surface area contributed by atoms with Gasteiger partial charge in [0.25, 0.3) is 0 Å². The Morgan fingerprint density at radius 1 is 1.11 bits per heavy atom. The summed E-state index contributed by atoms with van der Waals surface area (Å²) in [4.78, 5) is 4.39. The van der Waals surface area contributed by atoms with Crippen LogP contribution in [0.15, 0.2) is 58.2 Å². The summed E-state index contributed by atoms with van der Waals surface area (Å²) >= 11 is 7.37. The lowest BCUT2D eigenvalue weighted by atomic mass is 10.1. The fourth-order valence-corrected chi connectivity index (χ4v) is 3.34. The van der Waals surface area contributed by atoms with Gasteiger partial charge in [-0.1, -0.05) is 70.5 Å². The molecule has 0 fully saturated rings.